The van der Waals surface area contributed by atoms with Crippen molar-refractivity contribution in [3.05, 3.63) is 73.6 Å². The fourth-order valence-corrected chi connectivity index (χ4v) is 6.74. The Labute approximate surface area is 230 Å². The van der Waals surface area contributed by atoms with E-state index in [1.807, 2.05) is 12.1 Å². The number of nitrogens with zero attached hydrogens (tertiary/aromatic N) is 6. The molecule has 1 aromatic carbocycles. The van der Waals surface area contributed by atoms with Gasteiger partial charge in [0.25, 0.3) is 5.56 Å². The number of thiophene rings is 1. The van der Waals surface area contributed by atoms with Crippen LogP contribution in [0.3, 0.4) is 0 Å². The molecule has 6 rings (SSSR count). The molecule has 0 unspecified atom stereocenters. The van der Waals surface area contributed by atoms with Crippen LogP contribution in [0, 0.1) is 11.3 Å². The van der Waals surface area contributed by atoms with Gasteiger partial charge in [-0.1, -0.05) is 0 Å². The molecule has 206 valence electrons. The molecule has 3 aromatic heterocycles. The third-order valence-corrected chi connectivity index (χ3v) is 8.46. The number of hydrogen-bond donors (Lipinski definition) is 1. The summed E-state index contributed by atoms with van der Waals surface area (Å²) in [5, 5.41) is 13.2. The highest BCUT2D eigenvalue weighted by Gasteiger charge is 2.31. The van der Waals surface area contributed by atoms with Crippen molar-refractivity contribution in [3.8, 4) is 17.3 Å². The van der Waals surface area contributed by atoms with Gasteiger partial charge < -0.3 is 10.2 Å². The van der Waals surface area contributed by atoms with Crippen LogP contribution < -0.4 is 21.5 Å². The number of rotatable bonds is 5. The van der Waals surface area contributed by atoms with Crippen LogP contribution in [-0.4, -0.2) is 51.0 Å². The predicted molar refractivity (Wildman–Crippen MR) is 145 cm³/mol. The number of halogens is 3. The highest BCUT2D eigenvalue weighted by Crippen LogP contribution is 2.43. The van der Waals surface area contributed by atoms with Gasteiger partial charge in [0, 0.05) is 47.5 Å². The van der Waals surface area contributed by atoms with Crippen molar-refractivity contribution in [2.24, 2.45) is 0 Å². The first-order chi connectivity index (χ1) is 19.2. The van der Waals surface area contributed by atoms with Crippen LogP contribution in [-0.2, 0) is 19.5 Å². The van der Waals surface area contributed by atoms with E-state index in [4.69, 9.17) is 0 Å². The average molecular weight is 568 g/mol. The summed E-state index contributed by atoms with van der Waals surface area (Å²) in [5.41, 5.74) is 3.01. The molecule has 2 aliphatic heterocycles. The van der Waals surface area contributed by atoms with Gasteiger partial charge in [-0.3, -0.25) is 13.9 Å². The Hall–Kier alpha value is -4.02. The number of hydrogen-bond acceptors (Lipinski definition) is 8. The van der Waals surface area contributed by atoms with Gasteiger partial charge in [0.05, 0.1) is 34.1 Å². The fourth-order valence-electron chi connectivity index (χ4n) is 5.64. The Morgan fingerprint density at radius 1 is 1.20 bits per heavy atom. The summed E-state index contributed by atoms with van der Waals surface area (Å²) in [5.74, 6) is 0. The highest BCUT2D eigenvalue weighted by atomic mass is 32.1. The van der Waals surface area contributed by atoms with Gasteiger partial charge in [0.1, 0.15) is 12.9 Å². The molecule has 5 heterocycles. The maximum Gasteiger partial charge on any atom is 0.406 e. The summed E-state index contributed by atoms with van der Waals surface area (Å²) in [7, 11) is 0. The molecule has 1 N–H and O–H groups in total. The Kier molecular flexibility index (Phi) is 6.67. The van der Waals surface area contributed by atoms with E-state index < -0.39 is 24.0 Å². The number of aryl methyl sites for hydroxylation is 1. The zero-order valence-corrected chi connectivity index (χ0v) is 22.1. The predicted octanol–water partition coefficient (Wildman–Crippen LogP) is 3.28. The molecule has 1 saturated heterocycles. The quantitative estimate of drug-likeness (QED) is 0.394. The molecule has 0 radical (unpaired) electrons. The van der Waals surface area contributed by atoms with Crippen LogP contribution in [0.4, 0.5) is 18.9 Å². The summed E-state index contributed by atoms with van der Waals surface area (Å²) in [6.45, 7) is 1.02. The van der Waals surface area contributed by atoms with Crippen molar-refractivity contribution in [1.82, 2.24) is 24.4 Å². The van der Waals surface area contributed by atoms with Crippen LogP contribution in [0.15, 0.2) is 46.4 Å². The topological polar surface area (TPSA) is 109 Å². The van der Waals surface area contributed by atoms with Gasteiger partial charge in [0.15, 0.2) is 0 Å². The average Bonchev–Trinajstić information content (AvgIpc) is 3.61. The normalized spacial score (nSPS) is 17.2. The van der Waals surface area contributed by atoms with E-state index in [9.17, 15) is 28.0 Å². The molecule has 0 spiro atoms. The SMILES string of the molecule is N#Cc1cc2c(c(-c3ncnc4cc(Cn5c(=O)ccn(CC(F)(F)F)c5=O)sc34)c1)N([C@H]1CCNC1)CCC2. The van der Waals surface area contributed by atoms with Crippen molar-refractivity contribution in [2.45, 2.75) is 44.6 Å². The first-order valence-corrected chi connectivity index (χ1v) is 13.7. The maximum absolute atomic E-state index is 12.9. The van der Waals surface area contributed by atoms with Gasteiger partial charge in [0.2, 0.25) is 0 Å². The Morgan fingerprint density at radius 2 is 2.05 bits per heavy atom. The van der Waals surface area contributed by atoms with Crippen LogP contribution in [0.1, 0.15) is 28.8 Å². The van der Waals surface area contributed by atoms with Crippen molar-refractivity contribution >= 4 is 27.2 Å². The van der Waals surface area contributed by atoms with Crippen molar-refractivity contribution in [2.75, 3.05) is 24.5 Å². The van der Waals surface area contributed by atoms with E-state index >= 15 is 0 Å². The zero-order chi connectivity index (χ0) is 28.0. The highest BCUT2D eigenvalue weighted by molar-refractivity contribution is 7.19. The summed E-state index contributed by atoms with van der Waals surface area (Å²) < 4.78 is 40.8. The van der Waals surface area contributed by atoms with Crippen LogP contribution in [0.25, 0.3) is 21.5 Å². The molecule has 13 heteroatoms. The van der Waals surface area contributed by atoms with Crippen LogP contribution in [0.5, 0.6) is 0 Å². The summed E-state index contributed by atoms with van der Waals surface area (Å²) in [6.07, 6.45) is 0.541. The fraction of sp³-hybridized carbons (Fsp3) is 0.370. The second-order valence-corrected chi connectivity index (χ2v) is 11.1. The lowest BCUT2D eigenvalue weighted by atomic mass is 9.92. The lowest BCUT2D eigenvalue weighted by molar-refractivity contribution is -0.141. The number of fused-ring (bicyclic) bond motifs is 2. The molecule has 4 aromatic rings. The van der Waals surface area contributed by atoms with E-state index in [1.54, 1.807) is 6.07 Å². The first kappa shape index (κ1) is 26.2. The Bertz CT molecular complexity index is 1760. The summed E-state index contributed by atoms with van der Waals surface area (Å²) in [4.78, 5) is 37.2. The summed E-state index contributed by atoms with van der Waals surface area (Å²) >= 11 is 1.28. The second kappa shape index (κ2) is 10.2. The third-order valence-electron chi connectivity index (χ3n) is 7.35. The standard InChI is InChI=1S/C27H24F3N7O2S/c28-27(29,30)14-35-7-4-22(38)37(26(35)39)13-19-10-21-25(40-19)23(34-15-33-21)20-9-16(11-31)8-17-2-1-6-36(24(17)20)18-3-5-32-12-18/h4,7-10,15,18,32H,1-3,5-6,12-14H2/t18-/m0/s1. The van der Waals surface area contributed by atoms with Gasteiger partial charge in [-0.05, 0) is 49.6 Å². The molecular weight excluding hydrogens is 543 g/mol. The lowest BCUT2D eigenvalue weighted by Gasteiger charge is -2.37. The zero-order valence-electron chi connectivity index (χ0n) is 21.2. The Balaban J connectivity index is 1.45. The van der Waals surface area contributed by atoms with Crippen molar-refractivity contribution < 1.29 is 13.2 Å². The third kappa shape index (κ3) is 4.89. The van der Waals surface area contributed by atoms with E-state index in [2.05, 4.69) is 26.3 Å². The number of aromatic nitrogens is 4. The minimum Gasteiger partial charge on any atom is -0.366 e. The summed E-state index contributed by atoms with van der Waals surface area (Å²) in [6, 6.07) is 9.06. The van der Waals surface area contributed by atoms with E-state index in [-0.39, 0.29) is 6.54 Å². The van der Waals surface area contributed by atoms with E-state index in [1.165, 1.54) is 17.7 Å². The van der Waals surface area contributed by atoms with Crippen LogP contribution >= 0.6 is 11.3 Å². The molecule has 9 nitrogen and oxygen atoms in total. The van der Waals surface area contributed by atoms with Gasteiger partial charge >= 0.3 is 11.9 Å². The minimum absolute atomic E-state index is 0.201. The van der Waals surface area contributed by atoms with Crippen LogP contribution in [0.2, 0.25) is 0 Å². The number of benzene rings is 1. The minimum atomic E-state index is -4.60. The molecule has 0 amide bonds. The monoisotopic (exact) mass is 567 g/mol. The number of nitrogens with one attached hydrogen (secondary N) is 1. The molecule has 0 saturated carbocycles. The number of anilines is 1. The molecule has 0 bridgehead atoms. The van der Waals surface area contributed by atoms with E-state index in [0.717, 1.165) is 72.5 Å². The molecule has 0 aliphatic carbocycles. The second-order valence-electron chi connectivity index (χ2n) is 10.0. The smallest absolute Gasteiger partial charge is 0.366 e. The molecule has 40 heavy (non-hydrogen) atoms. The largest absolute Gasteiger partial charge is 0.406 e. The van der Waals surface area contributed by atoms with Gasteiger partial charge in [-0.15, -0.1) is 11.3 Å². The van der Waals surface area contributed by atoms with Crippen molar-refractivity contribution in [1.29, 1.82) is 5.26 Å². The van der Waals surface area contributed by atoms with E-state index in [0.29, 0.717) is 37.0 Å². The first-order valence-electron chi connectivity index (χ1n) is 12.9. The van der Waals surface area contributed by atoms with Gasteiger partial charge in [-0.25, -0.2) is 14.8 Å². The Morgan fingerprint density at radius 3 is 2.80 bits per heavy atom. The lowest BCUT2D eigenvalue weighted by Crippen LogP contribution is -2.41. The van der Waals surface area contributed by atoms with Gasteiger partial charge in [-0.2, -0.15) is 18.4 Å². The van der Waals surface area contributed by atoms with Crippen molar-refractivity contribution in [3.63, 3.8) is 0 Å². The molecule has 1 fully saturated rings. The molecule has 2 aliphatic rings. The number of nitriles is 1. The molecule has 1 atom stereocenters. The molecular formula is C27H24F3N7O2S. The maximum atomic E-state index is 12.9. The number of alkyl halides is 3.